The molecular weight excluding hydrogens is 190 g/mol. The molecule has 0 aromatic heterocycles. The summed E-state index contributed by atoms with van der Waals surface area (Å²) in [5.74, 6) is 0.116. The Kier molecular flexibility index (Phi) is 7.00. The molecule has 0 spiro atoms. The van der Waals surface area contributed by atoms with E-state index in [-0.39, 0.29) is 24.3 Å². The maximum atomic E-state index is 11.3. The molecule has 0 amide bonds. The van der Waals surface area contributed by atoms with Gasteiger partial charge in [-0.25, -0.2) is 0 Å². The molecular formula is C9H18ClNO2. The Balaban J connectivity index is 0.00000144. The summed E-state index contributed by atoms with van der Waals surface area (Å²) in [6, 6.07) is 0. The van der Waals surface area contributed by atoms with Crippen molar-refractivity contribution in [1.82, 2.24) is 0 Å². The van der Waals surface area contributed by atoms with Gasteiger partial charge in [-0.3, -0.25) is 4.79 Å². The summed E-state index contributed by atoms with van der Waals surface area (Å²) < 4.78 is 4.97. The molecule has 0 radical (unpaired) electrons. The number of hydrogen-bond acceptors (Lipinski definition) is 3. The molecule has 1 fully saturated rings. The molecule has 0 bridgehead atoms. The fraction of sp³-hybridized carbons (Fsp3) is 0.889. The van der Waals surface area contributed by atoms with Crippen molar-refractivity contribution in [2.24, 2.45) is 11.7 Å². The van der Waals surface area contributed by atoms with Crippen LogP contribution in [0.2, 0.25) is 0 Å². The highest BCUT2D eigenvalue weighted by Gasteiger charge is 2.21. The second kappa shape index (κ2) is 7.15. The average Bonchev–Trinajstić information content (AvgIpc) is 2.15. The minimum absolute atomic E-state index is 0. The van der Waals surface area contributed by atoms with E-state index in [1.165, 1.54) is 19.3 Å². The first-order valence-electron chi connectivity index (χ1n) is 4.71. The molecule has 1 rings (SSSR count). The highest BCUT2D eigenvalue weighted by Crippen LogP contribution is 2.24. The van der Waals surface area contributed by atoms with Gasteiger partial charge in [0.25, 0.3) is 0 Å². The predicted octanol–water partition coefficient (Wildman–Crippen LogP) is 1.49. The van der Waals surface area contributed by atoms with E-state index in [1.54, 1.807) is 0 Å². The van der Waals surface area contributed by atoms with Gasteiger partial charge in [-0.15, -0.1) is 12.4 Å². The lowest BCUT2D eigenvalue weighted by Gasteiger charge is -2.19. The molecule has 1 aliphatic carbocycles. The van der Waals surface area contributed by atoms with Crippen molar-refractivity contribution in [2.45, 2.75) is 32.1 Å². The molecule has 0 aliphatic heterocycles. The van der Waals surface area contributed by atoms with Crippen LogP contribution in [0.3, 0.4) is 0 Å². The van der Waals surface area contributed by atoms with Gasteiger partial charge in [-0.05, 0) is 12.8 Å². The lowest BCUT2D eigenvalue weighted by molar-refractivity contribution is -0.149. The van der Waals surface area contributed by atoms with Crippen LogP contribution in [0, 0.1) is 5.92 Å². The van der Waals surface area contributed by atoms with E-state index in [9.17, 15) is 4.79 Å². The van der Waals surface area contributed by atoms with Gasteiger partial charge in [-0.2, -0.15) is 0 Å². The second-order valence-corrected chi connectivity index (χ2v) is 3.29. The number of halogens is 1. The number of esters is 1. The van der Waals surface area contributed by atoms with Crippen molar-refractivity contribution in [3.8, 4) is 0 Å². The van der Waals surface area contributed by atoms with Crippen molar-refractivity contribution in [3.05, 3.63) is 0 Å². The van der Waals surface area contributed by atoms with Gasteiger partial charge in [0.15, 0.2) is 0 Å². The largest absolute Gasteiger partial charge is 0.464 e. The van der Waals surface area contributed by atoms with Crippen molar-refractivity contribution < 1.29 is 9.53 Å². The first-order chi connectivity index (χ1) is 5.84. The van der Waals surface area contributed by atoms with Crippen molar-refractivity contribution >= 4 is 18.4 Å². The van der Waals surface area contributed by atoms with Crippen molar-refractivity contribution in [1.29, 1.82) is 0 Å². The number of rotatable bonds is 3. The third-order valence-electron chi connectivity index (χ3n) is 2.30. The Bertz CT molecular complexity index is 147. The van der Waals surface area contributed by atoms with Crippen LogP contribution in [0.1, 0.15) is 32.1 Å². The van der Waals surface area contributed by atoms with Crippen LogP contribution in [0.5, 0.6) is 0 Å². The number of carbonyl (C=O) groups is 1. The fourth-order valence-corrected chi connectivity index (χ4v) is 1.62. The molecule has 0 saturated heterocycles. The van der Waals surface area contributed by atoms with Crippen molar-refractivity contribution in [2.75, 3.05) is 13.2 Å². The molecule has 4 heteroatoms. The summed E-state index contributed by atoms with van der Waals surface area (Å²) in [6.45, 7) is 0.799. The Morgan fingerprint density at radius 2 is 1.92 bits per heavy atom. The molecule has 3 nitrogen and oxygen atoms in total. The zero-order valence-corrected chi connectivity index (χ0v) is 8.65. The molecule has 2 N–H and O–H groups in total. The summed E-state index contributed by atoms with van der Waals surface area (Å²) in [5.41, 5.74) is 5.23. The van der Waals surface area contributed by atoms with Crippen LogP contribution in [0.15, 0.2) is 0 Å². The standard InChI is InChI=1S/C9H17NO2.ClH/c10-6-7-12-9(11)8-4-2-1-3-5-8;/h8H,1-7,10H2;1H. The third kappa shape index (κ3) is 4.48. The predicted molar refractivity (Wildman–Crippen MR) is 53.8 cm³/mol. The van der Waals surface area contributed by atoms with Crippen LogP contribution >= 0.6 is 12.4 Å². The normalized spacial score (nSPS) is 17.6. The molecule has 13 heavy (non-hydrogen) atoms. The molecule has 0 heterocycles. The van der Waals surface area contributed by atoms with E-state index in [0.29, 0.717) is 13.2 Å². The highest BCUT2D eigenvalue weighted by atomic mass is 35.5. The van der Waals surface area contributed by atoms with Gasteiger partial charge >= 0.3 is 5.97 Å². The first kappa shape index (κ1) is 12.7. The molecule has 1 saturated carbocycles. The third-order valence-corrected chi connectivity index (χ3v) is 2.30. The van der Waals surface area contributed by atoms with Gasteiger partial charge < -0.3 is 10.5 Å². The second-order valence-electron chi connectivity index (χ2n) is 3.29. The summed E-state index contributed by atoms with van der Waals surface area (Å²) in [7, 11) is 0. The maximum Gasteiger partial charge on any atom is 0.308 e. The van der Waals surface area contributed by atoms with Crippen molar-refractivity contribution in [3.63, 3.8) is 0 Å². The SMILES string of the molecule is Cl.NCCOC(=O)C1CCCCC1. The van der Waals surface area contributed by atoms with E-state index in [2.05, 4.69) is 0 Å². The number of nitrogens with two attached hydrogens (primary N) is 1. The highest BCUT2D eigenvalue weighted by molar-refractivity contribution is 5.85. The van der Waals surface area contributed by atoms with Crippen LogP contribution < -0.4 is 5.73 Å². The smallest absolute Gasteiger partial charge is 0.308 e. The van der Waals surface area contributed by atoms with Crippen LogP contribution in [-0.4, -0.2) is 19.1 Å². The van der Waals surface area contributed by atoms with E-state index >= 15 is 0 Å². The van der Waals surface area contributed by atoms with Gasteiger partial charge in [0.05, 0.1) is 5.92 Å². The van der Waals surface area contributed by atoms with E-state index in [0.717, 1.165) is 12.8 Å². The summed E-state index contributed by atoms with van der Waals surface area (Å²) in [4.78, 5) is 11.3. The zero-order valence-electron chi connectivity index (χ0n) is 7.83. The Morgan fingerprint density at radius 1 is 1.31 bits per heavy atom. The summed E-state index contributed by atoms with van der Waals surface area (Å²) in [5, 5.41) is 0. The monoisotopic (exact) mass is 207 g/mol. The zero-order chi connectivity index (χ0) is 8.81. The van der Waals surface area contributed by atoms with Crippen LogP contribution in [0.4, 0.5) is 0 Å². The maximum absolute atomic E-state index is 11.3. The van der Waals surface area contributed by atoms with E-state index in [4.69, 9.17) is 10.5 Å². The van der Waals surface area contributed by atoms with Crippen LogP contribution in [-0.2, 0) is 9.53 Å². The molecule has 0 unspecified atom stereocenters. The van der Waals surface area contributed by atoms with E-state index < -0.39 is 0 Å². The van der Waals surface area contributed by atoms with Crippen LogP contribution in [0.25, 0.3) is 0 Å². The lowest BCUT2D eigenvalue weighted by atomic mass is 9.89. The minimum atomic E-state index is -0.0415. The van der Waals surface area contributed by atoms with Gasteiger partial charge in [-0.1, -0.05) is 19.3 Å². The van der Waals surface area contributed by atoms with E-state index in [1.807, 2.05) is 0 Å². The number of hydrogen-bond donors (Lipinski definition) is 1. The minimum Gasteiger partial charge on any atom is -0.464 e. The molecule has 78 valence electrons. The molecule has 1 aliphatic rings. The molecule has 0 atom stereocenters. The lowest BCUT2D eigenvalue weighted by Crippen LogP contribution is -2.22. The molecule has 0 aromatic carbocycles. The number of ether oxygens (including phenoxy) is 1. The molecule has 0 aromatic rings. The number of carbonyl (C=O) groups excluding carboxylic acids is 1. The average molecular weight is 208 g/mol. The topological polar surface area (TPSA) is 52.3 Å². The Labute approximate surface area is 85.4 Å². The van der Waals surface area contributed by atoms with Gasteiger partial charge in [0, 0.05) is 6.54 Å². The first-order valence-corrected chi connectivity index (χ1v) is 4.71. The Hall–Kier alpha value is -0.280. The quantitative estimate of drug-likeness (QED) is 0.714. The summed E-state index contributed by atoms with van der Waals surface area (Å²) >= 11 is 0. The Morgan fingerprint density at radius 3 is 2.46 bits per heavy atom. The van der Waals surface area contributed by atoms with Gasteiger partial charge in [0.2, 0.25) is 0 Å². The van der Waals surface area contributed by atoms with Gasteiger partial charge in [0.1, 0.15) is 6.61 Å². The summed E-state index contributed by atoms with van der Waals surface area (Å²) in [6.07, 6.45) is 5.61. The fourth-order valence-electron chi connectivity index (χ4n) is 1.62.